The fourth-order valence-corrected chi connectivity index (χ4v) is 4.26. The number of hydrogen-bond donors (Lipinski definition) is 1. The molecule has 30 heavy (non-hydrogen) atoms. The number of carbonyl (C=O) groups is 4. The van der Waals surface area contributed by atoms with Crippen molar-refractivity contribution in [3.05, 3.63) is 41.5 Å². The van der Waals surface area contributed by atoms with Crippen LogP contribution in [0.5, 0.6) is 0 Å². The first-order valence-corrected chi connectivity index (χ1v) is 10.6. The van der Waals surface area contributed by atoms with Crippen LogP contribution in [-0.4, -0.2) is 78.1 Å². The van der Waals surface area contributed by atoms with Crippen molar-refractivity contribution in [2.45, 2.75) is 18.9 Å². The Labute approximate surface area is 179 Å². The number of nitrogens with zero attached hydrogens (tertiary/aromatic N) is 3. The van der Waals surface area contributed by atoms with Gasteiger partial charge in [0.15, 0.2) is 0 Å². The van der Waals surface area contributed by atoms with E-state index < -0.39 is 23.8 Å². The highest BCUT2D eigenvalue weighted by Gasteiger charge is 2.44. The molecule has 8 nitrogen and oxygen atoms in total. The Morgan fingerprint density at radius 1 is 1.00 bits per heavy atom. The van der Waals surface area contributed by atoms with E-state index in [0.29, 0.717) is 17.0 Å². The number of alkyl halides is 1. The van der Waals surface area contributed by atoms with Gasteiger partial charge in [0.05, 0.1) is 11.1 Å². The predicted molar refractivity (Wildman–Crippen MR) is 112 cm³/mol. The maximum absolute atomic E-state index is 13.0. The second kappa shape index (κ2) is 8.57. The Kier molecular flexibility index (Phi) is 5.87. The first kappa shape index (κ1) is 20.6. The molecule has 0 bridgehead atoms. The minimum Gasteiger partial charge on any atom is -0.369 e. The van der Waals surface area contributed by atoms with Gasteiger partial charge < -0.3 is 4.90 Å². The van der Waals surface area contributed by atoms with Crippen LogP contribution >= 0.6 is 11.6 Å². The van der Waals surface area contributed by atoms with Crippen LogP contribution in [0.1, 0.15) is 33.6 Å². The molecule has 2 fully saturated rings. The summed E-state index contributed by atoms with van der Waals surface area (Å²) in [7, 11) is 0. The molecular formula is C21H23ClN4O4. The first-order chi connectivity index (χ1) is 14.5. The van der Waals surface area contributed by atoms with Gasteiger partial charge in [-0.05, 0) is 24.6 Å². The lowest BCUT2D eigenvalue weighted by molar-refractivity contribution is -0.136. The highest BCUT2D eigenvalue weighted by Crippen LogP contribution is 2.31. The van der Waals surface area contributed by atoms with E-state index in [9.17, 15) is 19.2 Å². The number of anilines is 1. The van der Waals surface area contributed by atoms with Crippen LogP contribution in [-0.2, 0) is 9.59 Å². The molecule has 1 unspecified atom stereocenters. The van der Waals surface area contributed by atoms with Gasteiger partial charge in [-0.25, -0.2) is 0 Å². The number of allylic oxidation sites excluding steroid dienone is 1. The number of carbonyl (C=O) groups excluding carboxylic acids is 4. The smallest absolute Gasteiger partial charge is 0.262 e. The maximum Gasteiger partial charge on any atom is 0.262 e. The average Bonchev–Trinajstić information content (AvgIpc) is 2.99. The summed E-state index contributed by atoms with van der Waals surface area (Å²) in [5.74, 6) is -1.42. The van der Waals surface area contributed by atoms with Crippen LogP contribution in [0, 0.1) is 0 Å². The summed E-state index contributed by atoms with van der Waals surface area (Å²) in [5, 5.41) is 2.21. The lowest BCUT2D eigenvalue weighted by atomic mass is 10.0. The van der Waals surface area contributed by atoms with Crippen LogP contribution in [0.15, 0.2) is 30.4 Å². The van der Waals surface area contributed by atoms with Crippen LogP contribution < -0.4 is 10.2 Å². The van der Waals surface area contributed by atoms with E-state index in [4.69, 9.17) is 11.6 Å². The molecule has 0 spiro atoms. The molecule has 3 aliphatic rings. The molecule has 4 amide bonds. The normalized spacial score (nSPS) is 22.8. The van der Waals surface area contributed by atoms with Crippen LogP contribution in [0.2, 0.25) is 0 Å². The molecule has 1 aromatic carbocycles. The molecule has 1 atom stereocenters. The highest BCUT2D eigenvalue weighted by molar-refractivity contribution is 6.23. The number of hydrogen-bond acceptors (Lipinski definition) is 6. The van der Waals surface area contributed by atoms with Crippen LogP contribution in [0.4, 0.5) is 5.69 Å². The van der Waals surface area contributed by atoms with Gasteiger partial charge in [0.25, 0.3) is 11.8 Å². The predicted octanol–water partition coefficient (Wildman–Crippen LogP) is 1.00. The molecule has 9 heteroatoms. The van der Waals surface area contributed by atoms with Gasteiger partial charge in [0, 0.05) is 50.7 Å². The van der Waals surface area contributed by atoms with E-state index in [1.165, 1.54) is 0 Å². The zero-order valence-electron chi connectivity index (χ0n) is 16.5. The fourth-order valence-electron chi connectivity index (χ4n) is 4.13. The SMILES string of the molecule is O=C1CCC(N2C(=O)c3ccc(N4CCN(C/C=C/CCl)CC4)cc3C2=O)C(=O)N1. The summed E-state index contributed by atoms with van der Waals surface area (Å²) in [6.07, 6.45) is 4.26. The molecule has 1 N–H and O–H groups in total. The standard InChI is InChI=1S/C21H23ClN4O4/c22-7-1-2-8-24-9-11-25(12-10-24)14-3-4-15-16(13-14)21(30)26(20(15)29)17-5-6-18(27)23-19(17)28/h1-4,13,17H,5-12H2,(H,23,27,28)/b2-1+. The van der Waals surface area contributed by atoms with E-state index >= 15 is 0 Å². The van der Waals surface area contributed by atoms with Gasteiger partial charge in [-0.15, -0.1) is 11.6 Å². The van der Waals surface area contributed by atoms with Crippen molar-refractivity contribution in [1.82, 2.24) is 15.1 Å². The minimum atomic E-state index is -0.942. The molecule has 0 radical (unpaired) electrons. The summed E-state index contributed by atoms with van der Waals surface area (Å²) < 4.78 is 0. The summed E-state index contributed by atoms with van der Waals surface area (Å²) in [4.78, 5) is 54.8. The van der Waals surface area contributed by atoms with Crippen LogP contribution in [0.3, 0.4) is 0 Å². The van der Waals surface area contributed by atoms with Gasteiger partial charge in [-0.3, -0.25) is 34.3 Å². The van der Waals surface area contributed by atoms with E-state index in [-0.39, 0.29) is 18.7 Å². The summed E-state index contributed by atoms with van der Waals surface area (Å²) in [6.45, 7) is 4.26. The number of rotatable bonds is 5. The highest BCUT2D eigenvalue weighted by atomic mass is 35.5. The van der Waals surface area contributed by atoms with E-state index in [2.05, 4.69) is 21.2 Å². The van der Waals surface area contributed by atoms with Crippen molar-refractivity contribution < 1.29 is 19.2 Å². The molecule has 4 rings (SSSR count). The molecule has 0 saturated carbocycles. The van der Waals surface area contributed by atoms with Gasteiger partial charge in [-0.2, -0.15) is 0 Å². The van der Waals surface area contributed by atoms with Crippen molar-refractivity contribution in [2.75, 3.05) is 43.5 Å². The van der Waals surface area contributed by atoms with E-state index in [1.807, 2.05) is 12.1 Å². The largest absolute Gasteiger partial charge is 0.369 e. The number of amides is 4. The third kappa shape index (κ3) is 3.85. The third-order valence-electron chi connectivity index (χ3n) is 5.78. The number of piperidine rings is 1. The van der Waals surface area contributed by atoms with Crippen molar-refractivity contribution in [1.29, 1.82) is 0 Å². The first-order valence-electron chi connectivity index (χ1n) is 10.0. The molecule has 0 aliphatic carbocycles. The Morgan fingerprint density at radius 2 is 1.73 bits per heavy atom. The van der Waals surface area contributed by atoms with E-state index in [1.54, 1.807) is 12.1 Å². The number of nitrogens with one attached hydrogen (secondary N) is 1. The number of benzene rings is 1. The number of fused-ring (bicyclic) bond motifs is 1. The molecule has 3 heterocycles. The van der Waals surface area contributed by atoms with E-state index in [0.717, 1.165) is 43.3 Å². The van der Waals surface area contributed by atoms with Crippen molar-refractivity contribution >= 4 is 40.9 Å². The number of imide groups is 2. The summed E-state index contributed by atoms with van der Waals surface area (Å²) >= 11 is 5.66. The Hall–Kier alpha value is -2.71. The zero-order valence-corrected chi connectivity index (χ0v) is 17.2. The van der Waals surface area contributed by atoms with Gasteiger partial charge in [-0.1, -0.05) is 12.2 Å². The quantitative estimate of drug-likeness (QED) is 0.426. The molecule has 1 aromatic rings. The Balaban J connectivity index is 1.47. The third-order valence-corrected chi connectivity index (χ3v) is 5.96. The monoisotopic (exact) mass is 430 g/mol. The van der Waals surface area contributed by atoms with Gasteiger partial charge in [0.2, 0.25) is 11.8 Å². The minimum absolute atomic E-state index is 0.111. The molecule has 2 saturated heterocycles. The second-order valence-corrected chi connectivity index (χ2v) is 7.90. The van der Waals surface area contributed by atoms with Gasteiger partial charge in [0.1, 0.15) is 6.04 Å². The second-order valence-electron chi connectivity index (χ2n) is 7.59. The fraction of sp³-hybridized carbons (Fsp3) is 0.429. The Bertz CT molecular complexity index is 924. The molecule has 158 valence electrons. The number of halogens is 1. The molecular weight excluding hydrogens is 408 g/mol. The number of piperazine rings is 1. The molecule has 3 aliphatic heterocycles. The van der Waals surface area contributed by atoms with Crippen molar-refractivity contribution in [2.24, 2.45) is 0 Å². The van der Waals surface area contributed by atoms with Crippen molar-refractivity contribution in [3.8, 4) is 0 Å². The lowest BCUT2D eigenvalue weighted by Crippen LogP contribution is -2.54. The van der Waals surface area contributed by atoms with Gasteiger partial charge >= 0.3 is 0 Å². The Morgan fingerprint density at radius 3 is 2.43 bits per heavy atom. The van der Waals surface area contributed by atoms with Crippen LogP contribution in [0.25, 0.3) is 0 Å². The summed E-state index contributed by atoms with van der Waals surface area (Å²) in [6, 6.07) is 4.31. The maximum atomic E-state index is 13.0. The van der Waals surface area contributed by atoms with Crippen molar-refractivity contribution in [3.63, 3.8) is 0 Å². The topological polar surface area (TPSA) is 90.0 Å². The summed E-state index contributed by atoms with van der Waals surface area (Å²) in [5.41, 5.74) is 1.50. The lowest BCUT2D eigenvalue weighted by Gasteiger charge is -2.35. The zero-order chi connectivity index (χ0) is 21.3. The average molecular weight is 431 g/mol. The molecule has 0 aromatic heterocycles.